The zero-order valence-corrected chi connectivity index (χ0v) is 11.8. The van der Waals surface area contributed by atoms with Crippen LogP contribution >= 0.6 is 0 Å². The number of fused-ring (bicyclic) bond motifs is 1. The fraction of sp³-hybridized carbons (Fsp3) is 0.400. The lowest BCUT2D eigenvalue weighted by molar-refractivity contribution is 0.0705. The Morgan fingerprint density at radius 1 is 1.15 bits per heavy atom. The van der Waals surface area contributed by atoms with Crippen molar-refractivity contribution in [1.29, 1.82) is 0 Å². The van der Waals surface area contributed by atoms with Gasteiger partial charge in [0.15, 0.2) is 0 Å². The molecule has 0 bridgehead atoms. The topological polar surface area (TPSA) is 69.4 Å². The normalized spacial score (nSPS) is 10.8. The third kappa shape index (κ3) is 3.82. The van der Waals surface area contributed by atoms with Crippen molar-refractivity contribution in [3.05, 3.63) is 30.6 Å². The Morgan fingerprint density at radius 3 is 2.90 bits per heavy atom. The van der Waals surface area contributed by atoms with Crippen LogP contribution in [-0.4, -0.2) is 38.5 Å². The summed E-state index contributed by atoms with van der Waals surface area (Å²) in [5.74, 6) is 0. The first-order valence-electron chi connectivity index (χ1n) is 6.75. The predicted molar refractivity (Wildman–Crippen MR) is 82.0 cm³/mol. The molecule has 0 fully saturated rings. The Kier molecular flexibility index (Phi) is 5.58. The van der Waals surface area contributed by atoms with Crippen LogP contribution < -0.4 is 11.1 Å². The lowest BCUT2D eigenvalue weighted by atomic mass is 10.1. The number of nitrogen functional groups attached to an aromatic ring is 1. The standard InChI is InChI=1S/C15H21N3O2/c1-19-9-10-20-8-2-6-18-15-4-3-14(16)12-5-7-17-11-13(12)15/h3-5,7,11,18H,2,6,8-10,16H2,1H3. The minimum Gasteiger partial charge on any atom is -0.398 e. The van der Waals surface area contributed by atoms with Crippen molar-refractivity contribution in [2.24, 2.45) is 0 Å². The Labute approximate surface area is 119 Å². The lowest BCUT2D eigenvalue weighted by Gasteiger charge is -2.11. The number of ether oxygens (including phenoxy) is 2. The molecule has 0 saturated heterocycles. The summed E-state index contributed by atoms with van der Waals surface area (Å²) in [4.78, 5) is 4.16. The summed E-state index contributed by atoms with van der Waals surface area (Å²) >= 11 is 0. The van der Waals surface area contributed by atoms with Crippen LogP contribution in [0.3, 0.4) is 0 Å². The fourth-order valence-electron chi connectivity index (χ4n) is 2.01. The zero-order chi connectivity index (χ0) is 14.2. The molecule has 5 heteroatoms. The number of aromatic nitrogens is 1. The van der Waals surface area contributed by atoms with Gasteiger partial charge in [-0.05, 0) is 24.6 Å². The lowest BCUT2D eigenvalue weighted by Crippen LogP contribution is -2.08. The van der Waals surface area contributed by atoms with Crippen LogP contribution in [0.15, 0.2) is 30.6 Å². The predicted octanol–water partition coefficient (Wildman–Crippen LogP) is 2.28. The van der Waals surface area contributed by atoms with Crippen molar-refractivity contribution in [3.63, 3.8) is 0 Å². The number of nitrogens with one attached hydrogen (secondary N) is 1. The molecule has 0 aliphatic rings. The van der Waals surface area contributed by atoms with Gasteiger partial charge in [0.05, 0.1) is 13.2 Å². The summed E-state index contributed by atoms with van der Waals surface area (Å²) in [5.41, 5.74) is 7.79. The second kappa shape index (κ2) is 7.67. The van der Waals surface area contributed by atoms with E-state index in [0.717, 1.165) is 41.7 Å². The maximum atomic E-state index is 5.96. The molecule has 108 valence electrons. The first-order chi connectivity index (χ1) is 9.83. The molecule has 1 heterocycles. The molecule has 0 aliphatic carbocycles. The van der Waals surface area contributed by atoms with E-state index < -0.39 is 0 Å². The maximum absolute atomic E-state index is 5.96. The summed E-state index contributed by atoms with van der Waals surface area (Å²) < 4.78 is 10.3. The maximum Gasteiger partial charge on any atom is 0.0700 e. The van der Waals surface area contributed by atoms with Gasteiger partial charge >= 0.3 is 0 Å². The number of pyridine rings is 1. The van der Waals surface area contributed by atoms with Gasteiger partial charge in [0.2, 0.25) is 0 Å². The minimum absolute atomic E-state index is 0.641. The van der Waals surface area contributed by atoms with E-state index >= 15 is 0 Å². The van der Waals surface area contributed by atoms with E-state index in [9.17, 15) is 0 Å². The molecule has 0 saturated carbocycles. The smallest absolute Gasteiger partial charge is 0.0700 e. The molecule has 2 rings (SSSR count). The molecular formula is C15H21N3O2. The SMILES string of the molecule is COCCOCCCNc1ccc(N)c2ccncc12. The molecule has 0 amide bonds. The van der Waals surface area contributed by atoms with Gasteiger partial charge in [-0.3, -0.25) is 4.98 Å². The Balaban J connectivity index is 1.86. The third-order valence-electron chi connectivity index (χ3n) is 3.06. The second-order valence-corrected chi connectivity index (χ2v) is 4.51. The molecule has 1 aromatic carbocycles. The highest BCUT2D eigenvalue weighted by Crippen LogP contribution is 2.27. The third-order valence-corrected chi connectivity index (χ3v) is 3.06. The summed E-state index contributed by atoms with van der Waals surface area (Å²) in [6.07, 6.45) is 4.53. The van der Waals surface area contributed by atoms with Crippen LogP contribution in [0.4, 0.5) is 11.4 Å². The summed E-state index contributed by atoms with van der Waals surface area (Å²) in [6.45, 7) is 2.86. The number of nitrogens with zero attached hydrogens (tertiary/aromatic N) is 1. The number of nitrogens with two attached hydrogens (primary N) is 1. The van der Waals surface area contributed by atoms with Crippen molar-refractivity contribution in [2.45, 2.75) is 6.42 Å². The van der Waals surface area contributed by atoms with Crippen LogP contribution in [0.25, 0.3) is 10.8 Å². The van der Waals surface area contributed by atoms with Gasteiger partial charge in [-0.2, -0.15) is 0 Å². The van der Waals surface area contributed by atoms with Crippen molar-refractivity contribution in [3.8, 4) is 0 Å². The molecule has 0 unspecified atom stereocenters. The van der Waals surface area contributed by atoms with Gasteiger partial charge < -0.3 is 20.5 Å². The van der Waals surface area contributed by atoms with Crippen molar-refractivity contribution >= 4 is 22.1 Å². The van der Waals surface area contributed by atoms with Crippen LogP contribution in [0.1, 0.15) is 6.42 Å². The monoisotopic (exact) mass is 275 g/mol. The van der Waals surface area contributed by atoms with Crippen molar-refractivity contribution < 1.29 is 9.47 Å². The minimum atomic E-state index is 0.641. The molecule has 0 spiro atoms. The van der Waals surface area contributed by atoms with E-state index in [1.807, 2.05) is 24.4 Å². The van der Waals surface area contributed by atoms with E-state index in [4.69, 9.17) is 15.2 Å². The summed E-state index contributed by atoms with van der Waals surface area (Å²) in [7, 11) is 1.67. The van der Waals surface area contributed by atoms with E-state index in [-0.39, 0.29) is 0 Å². The highest BCUT2D eigenvalue weighted by Gasteiger charge is 2.03. The molecule has 0 aliphatic heterocycles. The molecule has 2 aromatic rings. The number of benzene rings is 1. The molecule has 0 radical (unpaired) electrons. The van der Waals surface area contributed by atoms with E-state index in [2.05, 4.69) is 10.3 Å². The number of hydrogen-bond donors (Lipinski definition) is 2. The van der Waals surface area contributed by atoms with Gasteiger partial charge in [0.1, 0.15) is 0 Å². The first kappa shape index (κ1) is 14.6. The van der Waals surface area contributed by atoms with E-state index in [1.54, 1.807) is 13.3 Å². The van der Waals surface area contributed by atoms with E-state index in [1.165, 1.54) is 0 Å². The Hall–Kier alpha value is -1.85. The zero-order valence-electron chi connectivity index (χ0n) is 11.8. The molecule has 3 N–H and O–H groups in total. The number of rotatable bonds is 8. The van der Waals surface area contributed by atoms with Gasteiger partial charge in [0, 0.05) is 54.8 Å². The molecular weight excluding hydrogens is 254 g/mol. The highest BCUT2D eigenvalue weighted by atomic mass is 16.5. The average Bonchev–Trinajstić information content (AvgIpc) is 2.49. The number of methoxy groups -OCH3 is 1. The largest absolute Gasteiger partial charge is 0.398 e. The van der Waals surface area contributed by atoms with Gasteiger partial charge in [-0.15, -0.1) is 0 Å². The number of hydrogen-bond acceptors (Lipinski definition) is 5. The summed E-state index contributed by atoms with van der Waals surface area (Å²) in [6, 6.07) is 5.84. The fourth-order valence-corrected chi connectivity index (χ4v) is 2.01. The average molecular weight is 275 g/mol. The number of anilines is 2. The van der Waals surface area contributed by atoms with Crippen LogP contribution in [-0.2, 0) is 9.47 Å². The Bertz CT molecular complexity index is 546. The highest BCUT2D eigenvalue weighted by molar-refractivity contribution is 6.00. The quantitative estimate of drug-likeness (QED) is 0.571. The Morgan fingerprint density at radius 2 is 2.05 bits per heavy atom. The first-order valence-corrected chi connectivity index (χ1v) is 6.75. The van der Waals surface area contributed by atoms with Crippen molar-refractivity contribution in [2.75, 3.05) is 44.5 Å². The van der Waals surface area contributed by atoms with Crippen molar-refractivity contribution in [1.82, 2.24) is 4.98 Å². The molecule has 5 nitrogen and oxygen atoms in total. The van der Waals surface area contributed by atoms with E-state index in [0.29, 0.717) is 13.2 Å². The van der Waals surface area contributed by atoms with Gasteiger partial charge in [0.25, 0.3) is 0 Å². The molecule has 1 aromatic heterocycles. The summed E-state index contributed by atoms with van der Waals surface area (Å²) in [5, 5.41) is 5.48. The van der Waals surface area contributed by atoms with Gasteiger partial charge in [-0.1, -0.05) is 0 Å². The van der Waals surface area contributed by atoms with Crippen LogP contribution in [0.2, 0.25) is 0 Å². The second-order valence-electron chi connectivity index (χ2n) is 4.51. The van der Waals surface area contributed by atoms with Crippen LogP contribution in [0, 0.1) is 0 Å². The molecule has 20 heavy (non-hydrogen) atoms. The van der Waals surface area contributed by atoms with Crippen LogP contribution in [0.5, 0.6) is 0 Å². The van der Waals surface area contributed by atoms with Gasteiger partial charge in [-0.25, -0.2) is 0 Å². The molecule has 0 atom stereocenters.